The number of hydrogen-bond acceptors (Lipinski definition) is 5. The van der Waals surface area contributed by atoms with Crippen LogP contribution in [0.2, 0.25) is 0 Å². The van der Waals surface area contributed by atoms with E-state index in [0.29, 0.717) is 38.4 Å². The van der Waals surface area contributed by atoms with Crippen LogP contribution in [-0.4, -0.2) is 60.6 Å². The SMILES string of the molecule is CCS(=O)(=O)N1CCN(Cc2cc(C)cc(CN(C(N)=O)c3ccc(C)nc3)c2)CC1. The Labute approximate surface area is 184 Å². The Kier molecular flexibility index (Phi) is 7.30. The first-order chi connectivity index (χ1) is 14.7. The van der Waals surface area contributed by atoms with E-state index in [2.05, 4.69) is 22.0 Å². The molecule has 0 aliphatic carbocycles. The molecule has 2 heterocycles. The molecule has 2 N–H and O–H groups in total. The van der Waals surface area contributed by atoms with E-state index < -0.39 is 16.1 Å². The summed E-state index contributed by atoms with van der Waals surface area (Å²) in [5.41, 5.74) is 10.4. The molecule has 2 amide bonds. The smallest absolute Gasteiger partial charge is 0.319 e. The Balaban J connectivity index is 1.70. The van der Waals surface area contributed by atoms with Gasteiger partial charge in [0.15, 0.2) is 0 Å². The fourth-order valence-corrected chi connectivity index (χ4v) is 4.92. The number of piperazine rings is 1. The van der Waals surface area contributed by atoms with Gasteiger partial charge in [-0.05, 0) is 44.0 Å². The molecular weight excluding hydrogens is 414 g/mol. The maximum absolute atomic E-state index is 12.1. The zero-order valence-corrected chi connectivity index (χ0v) is 19.2. The molecule has 3 rings (SSSR count). The van der Waals surface area contributed by atoms with Gasteiger partial charge < -0.3 is 5.73 Å². The molecule has 1 saturated heterocycles. The number of rotatable bonds is 7. The van der Waals surface area contributed by atoms with E-state index in [9.17, 15) is 13.2 Å². The number of hydrogen-bond donors (Lipinski definition) is 1. The number of carbonyl (C=O) groups excluding carboxylic acids is 1. The first kappa shape index (κ1) is 23.2. The number of anilines is 1. The summed E-state index contributed by atoms with van der Waals surface area (Å²) in [7, 11) is -3.13. The number of nitrogens with zero attached hydrogens (tertiary/aromatic N) is 4. The molecule has 1 aromatic heterocycles. The first-order valence-electron chi connectivity index (χ1n) is 10.5. The maximum atomic E-state index is 12.1. The highest BCUT2D eigenvalue weighted by Gasteiger charge is 2.25. The molecule has 31 heavy (non-hydrogen) atoms. The van der Waals surface area contributed by atoms with Crippen molar-refractivity contribution in [3.05, 3.63) is 58.9 Å². The lowest BCUT2D eigenvalue weighted by Crippen LogP contribution is -2.48. The monoisotopic (exact) mass is 445 g/mol. The molecule has 0 spiro atoms. The zero-order valence-electron chi connectivity index (χ0n) is 18.4. The van der Waals surface area contributed by atoms with Gasteiger partial charge in [-0.2, -0.15) is 4.31 Å². The van der Waals surface area contributed by atoms with E-state index in [1.165, 1.54) is 4.90 Å². The molecule has 0 atom stereocenters. The van der Waals surface area contributed by atoms with E-state index in [0.717, 1.165) is 28.9 Å². The highest BCUT2D eigenvalue weighted by Crippen LogP contribution is 2.20. The number of amides is 2. The third-order valence-electron chi connectivity index (χ3n) is 5.51. The van der Waals surface area contributed by atoms with Crippen molar-refractivity contribution in [3.8, 4) is 0 Å². The lowest BCUT2D eigenvalue weighted by molar-refractivity contribution is 0.181. The van der Waals surface area contributed by atoms with Gasteiger partial charge in [0, 0.05) is 38.4 Å². The topological polar surface area (TPSA) is 99.8 Å². The van der Waals surface area contributed by atoms with E-state index in [-0.39, 0.29) is 5.75 Å². The number of benzene rings is 1. The molecule has 1 aromatic carbocycles. The van der Waals surface area contributed by atoms with Gasteiger partial charge in [0.2, 0.25) is 10.0 Å². The van der Waals surface area contributed by atoms with E-state index in [1.807, 2.05) is 32.0 Å². The average Bonchev–Trinajstić information content (AvgIpc) is 2.72. The lowest BCUT2D eigenvalue weighted by Gasteiger charge is -2.34. The van der Waals surface area contributed by atoms with Crippen molar-refractivity contribution in [2.75, 3.05) is 36.8 Å². The second-order valence-corrected chi connectivity index (χ2v) is 10.2. The van der Waals surface area contributed by atoms with E-state index >= 15 is 0 Å². The van der Waals surface area contributed by atoms with E-state index in [1.54, 1.807) is 17.4 Å². The van der Waals surface area contributed by atoms with Gasteiger partial charge >= 0.3 is 6.03 Å². The summed E-state index contributed by atoms with van der Waals surface area (Å²) in [5, 5.41) is 0. The summed E-state index contributed by atoms with van der Waals surface area (Å²) in [5.74, 6) is 0.140. The van der Waals surface area contributed by atoms with Crippen LogP contribution in [-0.2, 0) is 23.1 Å². The second-order valence-electron chi connectivity index (χ2n) is 7.98. The van der Waals surface area contributed by atoms with Crippen molar-refractivity contribution < 1.29 is 13.2 Å². The minimum Gasteiger partial charge on any atom is -0.351 e. The molecule has 1 aliphatic rings. The van der Waals surface area contributed by atoms with Gasteiger partial charge in [0.25, 0.3) is 0 Å². The number of aromatic nitrogens is 1. The molecule has 0 radical (unpaired) electrons. The van der Waals surface area contributed by atoms with Crippen molar-refractivity contribution in [3.63, 3.8) is 0 Å². The van der Waals surface area contributed by atoms with Crippen LogP contribution in [0, 0.1) is 13.8 Å². The standard InChI is InChI=1S/C22H31N5O3S/c1-4-31(29,30)26-9-7-25(8-10-26)15-19-11-17(2)12-20(13-19)16-27(22(23)28)21-6-5-18(3)24-14-21/h5-6,11-14H,4,7-10,15-16H2,1-3H3,(H2,23,28). The summed E-state index contributed by atoms with van der Waals surface area (Å²) in [6, 6.07) is 9.42. The highest BCUT2D eigenvalue weighted by molar-refractivity contribution is 7.89. The number of urea groups is 1. The van der Waals surface area contributed by atoms with Crippen LogP contribution in [0.15, 0.2) is 36.5 Å². The molecular formula is C22H31N5O3S. The Hall–Kier alpha value is -2.49. The summed E-state index contributed by atoms with van der Waals surface area (Å²) < 4.78 is 25.7. The number of carbonyl (C=O) groups is 1. The molecule has 1 fully saturated rings. The number of primary amides is 1. The van der Waals surface area contributed by atoms with Crippen molar-refractivity contribution in [1.29, 1.82) is 0 Å². The quantitative estimate of drug-likeness (QED) is 0.705. The fraction of sp³-hybridized carbons (Fsp3) is 0.455. The van der Waals surface area contributed by atoms with Crippen LogP contribution >= 0.6 is 0 Å². The van der Waals surface area contributed by atoms with E-state index in [4.69, 9.17) is 5.73 Å². The summed E-state index contributed by atoms with van der Waals surface area (Å²) in [6.07, 6.45) is 1.65. The van der Waals surface area contributed by atoms with Gasteiger partial charge in [-0.25, -0.2) is 13.2 Å². The zero-order chi connectivity index (χ0) is 22.6. The van der Waals surface area contributed by atoms with Gasteiger partial charge in [-0.3, -0.25) is 14.8 Å². The Morgan fingerprint density at radius 3 is 2.35 bits per heavy atom. The van der Waals surface area contributed by atoms with Gasteiger partial charge in [-0.1, -0.05) is 23.8 Å². The molecule has 0 saturated carbocycles. The molecule has 8 nitrogen and oxygen atoms in total. The number of pyridine rings is 1. The minimum atomic E-state index is -3.13. The second kappa shape index (κ2) is 9.76. The van der Waals surface area contributed by atoms with Gasteiger partial charge in [-0.15, -0.1) is 0 Å². The highest BCUT2D eigenvalue weighted by atomic mass is 32.2. The van der Waals surface area contributed by atoms with Crippen LogP contribution < -0.4 is 10.6 Å². The van der Waals surface area contributed by atoms with Crippen molar-refractivity contribution in [2.24, 2.45) is 5.73 Å². The summed E-state index contributed by atoms with van der Waals surface area (Å²) in [4.78, 5) is 20.1. The average molecular weight is 446 g/mol. The van der Waals surface area contributed by atoms with Crippen LogP contribution in [0.5, 0.6) is 0 Å². The predicted molar refractivity (Wildman–Crippen MR) is 122 cm³/mol. The summed E-state index contributed by atoms with van der Waals surface area (Å²) >= 11 is 0. The fourth-order valence-electron chi connectivity index (χ4n) is 3.84. The number of aryl methyl sites for hydroxylation is 2. The number of nitrogens with two attached hydrogens (primary N) is 1. The maximum Gasteiger partial charge on any atom is 0.319 e. The van der Waals surface area contributed by atoms with Crippen molar-refractivity contribution >= 4 is 21.7 Å². The molecule has 9 heteroatoms. The third-order valence-corrected chi connectivity index (χ3v) is 7.39. The third kappa shape index (κ3) is 6.03. The Morgan fingerprint density at radius 2 is 1.77 bits per heavy atom. The number of sulfonamides is 1. The van der Waals surface area contributed by atoms with Gasteiger partial charge in [0.1, 0.15) is 0 Å². The Morgan fingerprint density at radius 1 is 1.10 bits per heavy atom. The molecule has 2 aromatic rings. The van der Waals surface area contributed by atoms with Crippen LogP contribution in [0.1, 0.15) is 29.3 Å². The van der Waals surface area contributed by atoms with Crippen LogP contribution in [0.3, 0.4) is 0 Å². The molecule has 0 bridgehead atoms. The first-order valence-corrected chi connectivity index (χ1v) is 12.1. The largest absolute Gasteiger partial charge is 0.351 e. The van der Waals surface area contributed by atoms with Crippen molar-refractivity contribution in [2.45, 2.75) is 33.9 Å². The lowest BCUT2D eigenvalue weighted by atomic mass is 10.0. The van der Waals surface area contributed by atoms with Crippen LogP contribution in [0.4, 0.5) is 10.5 Å². The Bertz CT molecular complexity index is 1020. The summed E-state index contributed by atoms with van der Waals surface area (Å²) in [6.45, 7) is 9.13. The minimum absolute atomic E-state index is 0.140. The molecule has 1 aliphatic heterocycles. The van der Waals surface area contributed by atoms with Gasteiger partial charge in [0.05, 0.1) is 24.2 Å². The molecule has 168 valence electrons. The predicted octanol–water partition coefficient (Wildman–Crippen LogP) is 2.25. The normalized spacial score (nSPS) is 15.7. The van der Waals surface area contributed by atoms with Crippen LogP contribution in [0.25, 0.3) is 0 Å². The molecule has 0 unspecified atom stereocenters. The van der Waals surface area contributed by atoms with Crippen molar-refractivity contribution in [1.82, 2.24) is 14.2 Å².